The minimum absolute atomic E-state index is 0.0411. The second kappa shape index (κ2) is 8.64. The van der Waals surface area contributed by atoms with E-state index in [1.54, 1.807) is 24.3 Å². The average molecular weight is 421 g/mol. The Bertz CT molecular complexity index is 967. The van der Waals surface area contributed by atoms with E-state index in [-0.39, 0.29) is 17.6 Å². The van der Waals surface area contributed by atoms with Gasteiger partial charge in [-0.05, 0) is 61.6 Å². The van der Waals surface area contributed by atoms with Crippen LogP contribution in [0.5, 0.6) is 0 Å². The number of benzene rings is 2. The molecule has 1 amide bonds. The molecule has 2 aromatic rings. The molecule has 5 nitrogen and oxygen atoms in total. The topological polar surface area (TPSA) is 66.5 Å². The molecule has 7 heteroatoms. The molecule has 0 atom stereocenters. The molecule has 0 aromatic heterocycles. The predicted octanol–water partition coefficient (Wildman–Crippen LogP) is 4.14. The summed E-state index contributed by atoms with van der Waals surface area (Å²) in [7, 11) is -3.43. The molecule has 28 heavy (non-hydrogen) atoms. The van der Waals surface area contributed by atoms with Gasteiger partial charge in [-0.25, -0.2) is 12.7 Å². The highest BCUT2D eigenvalue weighted by Crippen LogP contribution is 2.25. The van der Waals surface area contributed by atoms with Crippen LogP contribution in [0.3, 0.4) is 0 Å². The molecular formula is C21H25ClN2O3S. The smallest absolute Gasteiger partial charge is 0.227 e. The highest BCUT2D eigenvalue weighted by atomic mass is 35.5. The van der Waals surface area contributed by atoms with Crippen LogP contribution in [0.25, 0.3) is 0 Å². The van der Waals surface area contributed by atoms with Gasteiger partial charge in [0.2, 0.25) is 15.9 Å². The number of anilines is 1. The summed E-state index contributed by atoms with van der Waals surface area (Å²) < 4.78 is 26.9. The van der Waals surface area contributed by atoms with Crippen molar-refractivity contribution in [1.29, 1.82) is 0 Å². The van der Waals surface area contributed by atoms with Crippen LogP contribution in [-0.2, 0) is 20.6 Å². The minimum Gasteiger partial charge on any atom is -0.326 e. The van der Waals surface area contributed by atoms with Gasteiger partial charge in [0.25, 0.3) is 0 Å². The first-order chi connectivity index (χ1) is 13.3. The molecule has 2 aromatic carbocycles. The first-order valence-electron chi connectivity index (χ1n) is 9.35. The van der Waals surface area contributed by atoms with Crippen molar-refractivity contribution in [3.63, 3.8) is 0 Å². The van der Waals surface area contributed by atoms with E-state index in [4.69, 9.17) is 11.6 Å². The third-order valence-electron chi connectivity index (χ3n) is 5.32. The molecule has 0 saturated carbocycles. The summed E-state index contributed by atoms with van der Waals surface area (Å²) in [5.74, 6) is -0.300. The number of carbonyl (C=O) groups excluding carboxylic acids is 1. The highest BCUT2D eigenvalue weighted by molar-refractivity contribution is 7.88. The molecule has 1 aliphatic heterocycles. The molecule has 150 valence electrons. The fourth-order valence-electron chi connectivity index (χ4n) is 3.45. The third kappa shape index (κ3) is 4.93. The van der Waals surface area contributed by atoms with E-state index in [9.17, 15) is 13.2 Å². The number of nitrogens with zero attached hydrogens (tertiary/aromatic N) is 1. The summed E-state index contributed by atoms with van der Waals surface area (Å²) in [5.41, 5.74) is 3.67. The minimum atomic E-state index is -3.43. The quantitative estimate of drug-likeness (QED) is 0.790. The van der Waals surface area contributed by atoms with E-state index in [0.29, 0.717) is 36.5 Å². The SMILES string of the molecule is Cc1cccc(NC(=O)C2CCN(S(=O)(=O)Cc3cccc(Cl)c3)CC2)c1C. The van der Waals surface area contributed by atoms with Gasteiger partial charge in [-0.3, -0.25) is 4.79 Å². The molecule has 0 unspecified atom stereocenters. The summed E-state index contributed by atoms with van der Waals surface area (Å²) >= 11 is 5.95. The number of carbonyl (C=O) groups is 1. The van der Waals surface area contributed by atoms with Crippen LogP contribution >= 0.6 is 11.6 Å². The van der Waals surface area contributed by atoms with Gasteiger partial charge < -0.3 is 5.32 Å². The van der Waals surface area contributed by atoms with Crippen LogP contribution < -0.4 is 5.32 Å². The van der Waals surface area contributed by atoms with Crippen LogP contribution in [0.4, 0.5) is 5.69 Å². The van der Waals surface area contributed by atoms with Gasteiger partial charge in [-0.2, -0.15) is 0 Å². The number of rotatable bonds is 5. The largest absolute Gasteiger partial charge is 0.326 e. The number of halogens is 1. The summed E-state index contributed by atoms with van der Waals surface area (Å²) in [6, 6.07) is 12.7. The van der Waals surface area contributed by atoms with Crippen LogP contribution in [-0.4, -0.2) is 31.7 Å². The first-order valence-corrected chi connectivity index (χ1v) is 11.3. The van der Waals surface area contributed by atoms with Crippen molar-refractivity contribution < 1.29 is 13.2 Å². The third-order valence-corrected chi connectivity index (χ3v) is 7.40. The van der Waals surface area contributed by atoms with E-state index >= 15 is 0 Å². The number of amides is 1. The van der Waals surface area contributed by atoms with Crippen molar-refractivity contribution >= 4 is 33.2 Å². The molecule has 1 saturated heterocycles. The highest BCUT2D eigenvalue weighted by Gasteiger charge is 2.31. The van der Waals surface area contributed by atoms with Gasteiger partial charge in [0.1, 0.15) is 0 Å². The number of hydrogen-bond acceptors (Lipinski definition) is 3. The van der Waals surface area contributed by atoms with Crippen LogP contribution in [0.2, 0.25) is 5.02 Å². The van der Waals surface area contributed by atoms with Crippen LogP contribution in [0.1, 0.15) is 29.5 Å². The molecule has 0 spiro atoms. The van der Waals surface area contributed by atoms with Crippen molar-refractivity contribution in [1.82, 2.24) is 4.31 Å². The molecule has 1 heterocycles. The Morgan fingerprint density at radius 1 is 1.14 bits per heavy atom. The Labute approximate surface area is 171 Å². The summed E-state index contributed by atoms with van der Waals surface area (Å²) in [4.78, 5) is 12.6. The zero-order chi connectivity index (χ0) is 20.3. The van der Waals surface area contributed by atoms with E-state index < -0.39 is 10.0 Å². The maximum atomic E-state index is 12.7. The van der Waals surface area contributed by atoms with Crippen molar-refractivity contribution in [3.05, 3.63) is 64.2 Å². The van der Waals surface area contributed by atoms with E-state index in [2.05, 4.69) is 5.32 Å². The Hall–Kier alpha value is -1.89. The zero-order valence-corrected chi connectivity index (χ0v) is 17.7. The first kappa shape index (κ1) is 20.8. The van der Waals surface area contributed by atoms with Crippen LogP contribution in [0.15, 0.2) is 42.5 Å². The number of hydrogen-bond donors (Lipinski definition) is 1. The fourth-order valence-corrected chi connectivity index (χ4v) is 5.21. The molecule has 0 aliphatic carbocycles. The molecule has 1 N–H and O–H groups in total. The summed E-state index contributed by atoms with van der Waals surface area (Å²) in [5, 5.41) is 3.52. The van der Waals surface area contributed by atoms with Crippen molar-refractivity contribution in [2.45, 2.75) is 32.4 Å². The number of aryl methyl sites for hydroxylation is 1. The standard InChI is InChI=1S/C21H25ClN2O3S/c1-15-5-3-8-20(16(15)2)23-21(25)18-9-11-24(12-10-18)28(26,27)14-17-6-4-7-19(22)13-17/h3-8,13,18H,9-12,14H2,1-2H3,(H,23,25). The van der Waals surface area contributed by atoms with Gasteiger partial charge in [0.15, 0.2) is 0 Å². The maximum Gasteiger partial charge on any atom is 0.227 e. The van der Waals surface area contributed by atoms with E-state index in [1.165, 1.54) is 4.31 Å². The van der Waals surface area contributed by atoms with E-state index in [0.717, 1.165) is 16.8 Å². The molecule has 1 fully saturated rings. The Balaban J connectivity index is 1.59. The average Bonchev–Trinajstić information content (AvgIpc) is 2.65. The lowest BCUT2D eigenvalue weighted by atomic mass is 9.97. The summed E-state index contributed by atoms with van der Waals surface area (Å²) in [6.45, 7) is 4.70. The lowest BCUT2D eigenvalue weighted by Crippen LogP contribution is -2.41. The Kier molecular flexibility index (Phi) is 6.43. The summed E-state index contributed by atoms with van der Waals surface area (Å²) in [6.07, 6.45) is 1.04. The van der Waals surface area contributed by atoms with Gasteiger partial charge in [0.05, 0.1) is 5.75 Å². The van der Waals surface area contributed by atoms with Gasteiger partial charge in [-0.1, -0.05) is 35.9 Å². The van der Waals surface area contributed by atoms with Gasteiger partial charge in [0, 0.05) is 29.7 Å². The predicted molar refractivity (Wildman–Crippen MR) is 113 cm³/mol. The monoisotopic (exact) mass is 420 g/mol. The van der Waals surface area contributed by atoms with Gasteiger partial charge in [-0.15, -0.1) is 0 Å². The molecule has 1 aliphatic rings. The molecule has 3 rings (SSSR count). The lowest BCUT2D eigenvalue weighted by Gasteiger charge is -2.30. The Morgan fingerprint density at radius 3 is 2.50 bits per heavy atom. The number of sulfonamides is 1. The number of piperidine rings is 1. The van der Waals surface area contributed by atoms with Crippen molar-refractivity contribution in [3.8, 4) is 0 Å². The molecule has 0 bridgehead atoms. The van der Waals surface area contributed by atoms with Crippen LogP contribution in [0, 0.1) is 19.8 Å². The Morgan fingerprint density at radius 2 is 1.82 bits per heavy atom. The van der Waals surface area contributed by atoms with Gasteiger partial charge >= 0.3 is 0 Å². The molecular weight excluding hydrogens is 396 g/mol. The number of nitrogens with one attached hydrogen (secondary N) is 1. The fraction of sp³-hybridized carbons (Fsp3) is 0.381. The van der Waals surface area contributed by atoms with Crippen molar-refractivity contribution in [2.75, 3.05) is 18.4 Å². The van der Waals surface area contributed by atoms with Crippen molar-refractivity contribution in [2.24, 2.45) is 5.92 Å². The zero-order valence-electron chi connectivity index (χ0n) is 16.1. The maximum absolute atomic E-state index is 12.7. The normalized spacial score (nSPS) is 16.1. The second-order valence-electron chi connectivity index (χ2n) is 7.30. The second-order valence-corrected chi connectivity index (χ2v) is 9.70. The molecule has 0 radical (unpaired) electrons. The van der Waals surface area contributed by atoms with E-state index in [1.807, 2.05) is 32.0 Å². The lowest BCUT2D eigenvalue weighted by molar-refractivity contribution is -0.120.